The molecule has 0 aromatic heterocycles. The molecule has 0 aliphatic heterocycles. The number of hydrogen-bond acceptors (Lipinski definition) is 2. The predicted molar refractivity (Wildman–Crippen MR) is 80.0 cm³/mol. The number of nitrogens with one attached hydrogen (secondary N) is 1. The molecule has 0 aliphatic carbocycles. The Hall–Kier alpha value is -0.750. The second kappa shape index (κ2) is 7.88. The van der Waals surface area contributed by atoms with Gasteiger partial charge >= 0.3 is 6.18 Å². The first kappa shape index (κ1) is 17.3. The van der Waals surface area contributed by atoms with Crippen molar-refractivity contribution < 1.29 is 13.2 Å². The summed E-state index contributed by atoms with van der Waals surface area (Å²) >= 11 is 3.08. The summed E-state index contributed by atoms with van der Waals surface area (Å²) in [6, 6.07) is 4.18. The van der Waals surface area contributed by atoms with E-state index in [1.807, 2.05) is 0 Å². The molecule has 0 bridgehead atoms. The first-order chi connectivity index (χ1) is 9.38. The van der Waals surface area contributed by atoms with Gasteiger partial charge in [0.15, 0.2) is 0 Å². The Bertz CT molecular complexity index is 421. The van der Waals surface area contributed by atoms with Crippen molar-refractivity contribution in [3.63, 3.8) is 0 Å². The van der Waals surface area contributed by atoms with Crippen molar-refractivity contribution in [3.8, 4) is 0 Å². The van der Waals surface area contributed by atoms with E-state index in [0.717, 1.165) is 32.1 Å². The quantitative estimate of drug-likeness (QED) is 0.770. The van der Waals surface area contributed by atoms with Crippen LogP contribution in [0.2, 0.25) is 0 Å². The number of likely N-dealkylation sites (N-methyl/N-ethyl adjacent to an activating group) is 1. The Balaban J connectivity index is 2.68. The molecule has 0 unspecified atom stereocenters. The molecule has 0 saturated carbocycles. The summed E-state index contributed by atoms with van der Waals surface area (Å²) < 4.78 is 39.2. The molecule has 1 aromatic rings. The van der Waals surface area contributed by atoms with Crippen molar-refractivity contribution in [2.24, 2.45) is 0 Å². The second-order valence-electron chi connectivity index (χ2n) is 4.55. The first-order valence-corrected chi connectivity index (χ1v) is 7.50. The van der Waals surface area contributed by atoms with Crippen LogP contribution in [0.3, 0.4) is 0 Å². The van der Waals surface area contributed by atoms with Crippen LogP contribution in [0.25, 0.3) is 0 Å². The van der Waals surface area contributed by atoms with Gasteiger partial charge in [0.1, 0.15) is 0 Å². The van der Waals surface area contributed by atoms with Gasteiger partial charge in [0, 0.05) is 23.2 Å². The third kappa shape index (κ3) is 5.32. The molecule has 6 heteroatoms. The van der Waals surface area contributed by atoms with E-state index < -0.39 is 11.7 Å². The highest BCUT2D eigenvalue weighted by Gasteiger charge is 2.33. The molecule has 2 nitrogen and oxygen atoms in total. The molecule has 0 radical (unpaired) electrons. The van der Waals surface area contributed by atoms with E-state index >= 15 is 0 Å². The van der Waals surface area contributed by atoms with Crippen LogP contribution in [0.15, 0.2) is 22.7 Å². The summed E-state index contributed by atoms with van der Waals surface area (Å²) in [6.45, 7) is 7.24. The monoisotopic (exact) mass is 352 g/mol. The minimum atomic E-state index is -4.35. The van der Waals surface area contributed by atoms with Gasteiger partial charge in [-0.15, -0.1) is 0 Å². The van der Waals surface area contributed by atoms with Crippen LogP contribution in [0.5, 0.6) is 0 Å². The normalized spacial score (nSPS) is 11.9. The molecular formula is C14H20BrF3N2. The van der Waals surface area contributed by atoms with E-state index in [0.29, 0.717) is 11.0 Å². The lowest BCUT2D eigenvalue weighted by Gasteiger charge is -2.21. The standard InChI is InChI=1S/C14H20BrF3N2/c1-3-8-20(4-2)9-7-19-13-6-5-11(15)10-12(13)14(16,17)18/h5-6,10,19H,3-4,7-9H2,1-2H3. The van der Waals surface area contributed by atoms with Crippen molar-refractivity contribution in [3.05, 3.63) is 28.2 Å². The summed E-state index contributed by atoms with van der Waals surface area (Å²) in [5.74, 6) is 0. The average molecular weight is 353 g/mol. The lowest BCUT2D eigenvalue weighted by atomic mass is 10.1. The Morgan fingerprint density at radius 1 is 1.20 bits per heavy atom. The lowest BCUT2D eigenvalue weighted by molar-refractivity contribution is -0.137. The van der Waals surface area contributed by atoms with Gasteiger partial charge in [0.25, 0.3) is 0 Å². The van der Waals surface area contributed by atoms with Crippen molar-refractivity contribution in [1.82, 2.24) is 4.90 Å². The Morgan fingerprint density at radius 2 is 1.90 bits per heavy atom. The van der Waals surface area contributed by atoms with E-state index in [1.54, 1.807) is 6.07 Å². The Morgan fingerprint density at radius 3 is 2.45 bits per heavy atom. The van der Waals surface area contributed by atoms with E-state index in [2.05, 4.69) is 40.0 Å². The van der Waals surface area contributed by atoms with E-state index in [1.165, 1.54) is 6.07 Å². The van der Waals surface area contributed by atoms with Gasteiger partial charge in [-0.05, 0) is 37.7 Å². The molecule has 0 aliphatic rings. The highest BCUT2D eigenvalue weighted by Crippen LogP contribution is 2.36. The maximum absolute atomic E-state index is 12.9. The van der Waals surface area contributed by atoms with Crippen LogP contribution in [0.1, 0.15) is 25.8 Å². The van der Waals surface area contributed by atoms with Gasteiger partial charge in [0.2, 0.25) is 0 Å². The zero-order chi connectivity index (χ0) is 15.2. The average Bonchev–Trinajstić information content (AvgIpc) is 2.38. The molecule has 114 valence electrons. The molecular weight excluding hydrogens is 333 g/mol. The molecule has 0 heterocycles. The maximum atomic E-state index is 12.9. The van der Waals surface area contributed by atoms with Crippen molar-refractivity contribution in [2.45, 2.75) is 26.4 Å². The van der Waals surface area contributed by atoms with Crippen molar-refractivity contribution in [1.29, 1.82) is 0 Å². The third-order valence-corrected chi connectivity index (χ3v) is 3.51. The van der Waals surface area contributed by atoms with E-state index in [4.69, 9.17) is 0 Å². The fraction of sp³-hybridized carbons (Fsp3) is 0.571. The van der Waals surface area contributed by atoms with Gasteiger partial charge in [-0.2, -0.15) is 13.2 Å². The Kier molecular flexibility index (Phi) is 6.82. The SMILES string of the molecule is CCCN(CC)CCNc1ccc(Br)cc1C(F)(F)F. The number of halogens is 4. The van der Waals surface area contributed by atoms with Crippen LogP contribution in [-0.2, 0) is 6.18 Å². The third-order valence-electron chi connectivity index (χ3n) is 3.02. The topological polar surface area (TPSA) is 15.3 Å². The van der Waals surface area contributed by atoms with Crippen molar-refractivity contribution in [2.75, 3.05) is 31.5 Å². The van der Waals surface area contributed by atoms with Crippen LogP contribution < -0.4 is 5.32 Å². The van der Waals surface area contributed by atoms with Crippen LogP contribution in [0, 0.1) is 0 Å². The summed E-state index contributed by atoms with van der Waals surface area (Å²) in [7, 11) is 0. The molecule has 0 amide bonds. The fourth-order valence-electron chi connectivity index (χ4n) is 2.00. The van der Waals surface area contributed by atoms with Gasteiger partial charge in [-0.1, -0.05) is 29.8 Å². The van der Waals surface area contributed by atoms with Gasteiger partial charge < -0.3 is 10.2 Å². The number of rotatable bonds is 7. The molecule has 1 N–H and O–H groups in total. The summed E-state index contributed by atoms with van der Waals surface area (Å²) in [4.78, 5) is 2.21. The van der Waals surface area contributed by atoms with Gasteiger partial charge in [0.05, 0.1) is 5.56 Å². The molecule has 1 aromatic carbocycles. The second-order valence-corrected chi connectivity index (χ2v) is 5.46. The van der Waals surface area contributed by atoms with Gasteiger partial charge in [-0.3, -0.25) is 0 Å². The van der Waals surface area contributed by atoms with E-state index in [-0.39, 0.29) is 5.69 Å². The first-order valence-electron chi connectivity index (χ1n) is 6.71. The number of benzene rings is 1. The number of nitrogens with zero attached hydrogens (tertiary/aromatic N) is 1. The number of anilines is 1. The molecule has 0 fully saturated rings. The smallest absolute Gasteiger partial charge is 0.383 e. The minimum Gasteiger partial charge on any atom is -0.383 e. The zero-order valence-corrected chi connectivity index (χ0v) is 13.3. The number of alkyl halides is 3. The summed E-state index contributed by atoms with van der Waals surface area (Å²) in [5, 5.41) is 2.89. The molecule has 0 spiro atoms. The van der Waals surface area contributed by atoms with Crippen molar-refractivity contribution >= 4 is 21.6 Å². The van der Waals surface area contributed by atoms with Crippen LogP contribution >= 0.6 is 15.9 Å². The molecule has 20 heavy (non-hydrogen) atoms. The molecule has 0 atom stereocenters. The summed E-state index contributed by atoms with van der Waals surface area (Å²) in [6.07, 6.45) is -3.31. The Labute approximate surface area is 126 Å². The zero-order valence-electron chi connectivity index (χ0n) is 11.7. The number of hydrogen-bond donors (Lipinski definition) is 1. The maximum Gasteiger partial charge on any atom is 0.418 e. The highest BCUT2D eigenvalue weighted by molar-refractivity contribution is 9.10. The minimum absolute atomic E-state index is 0.133. The summed E-state index contributed by atoms with van der Waals surface area (Å²) in [5.41, 5.74) is -0.501. The largest absolute Gasteiger partial charge is 0.418 e. The predicted octanol–water partition coefficient (Wildman–Crippen LogP) is 4.61. The lowest BCUT2D eigenvalue weighted by Crippen LogP contribution is -2.30. The van der Waals surface area contributed by atoms with Crippen LogP contribution in [0.4, 0.5) is 18.9 Å². The van der Waals surface area contributed by atoms with Crippen LogP contribution in [-0.4, -0.2) is 31.1 Å². The molecule has 0 saturated heterocycles. The van der Waals surface area contributed by atoms with Gasteiger partial charge in [-0.25, -0.2) is 0 Å². The van der Waals surface area contributed by atoms with E-state index in [9.17, 15) is 13.2 Å². The fourth-order valence-corrected chi connectivity index (χ4v) is 2.36. The highest BCUT2D eigenvalue weighted by atomic mass is 79.9. The molecule has 1 rings (SSSR count).